The Morgan fingerprint density at radius 2 is 2.31 bits per heavy atom. The lowest BCUT2D eigenvalue weighted by Crippen LogP contribution is -2.58. The fourth-order valence-corrected chi connectivity index (χ4v) is 1.37. The third-order valence-corrected chi connectivity index (χ3v) is 2.37. The van der Waals surface area contributed by atoms with Crippen molar-refractivity contribution in [3.63, 3.8) is 0 Å². The van der Waals surface area contributed by atoms with Gasteiger partial charge in [0.1, 0.15) is 0 Å². The number of carbonyl (C=O) groups excluding carboxylic acids is 2. The van der Waals surface area contributed by atoms with E-state index in [1.165, 1.54) is 6.20 Å². The standard InChI is InChI=1S/C9H15N5O2/c1-6(12-4-3-11-2)9(5-10)7(15)13-8(16)14-9/h3-4,11H,5,10H2,1-2H3,(H2,13,14,15,16)/b4-3-,12-6?. The van der Waals surface area contributed by atoms with E-state index >= 15 is 0 Å². The van der Waals surface area contributed by atoms with Crippen LogP contribution in [-0.4, -0.2) is 36.8 Å². The number of hydrogen-bond acceptors (Lipinski definition) is 5. The molecule has 1 saturated heterocycles. The predicted octanol–water partition coefficient (Wildman–Crippen LogP) is -1.33. The highest BCUT2D eigenvalue weighted by atomic mass is 16.2. The largest absolute Gasteiger partial charge is 0.393 e. The van der Waals surface area contributed by atoms with Crippen molar-refractivity contribution in [1.82, 2.24) is 16.0 Å². The Labute approximate surface area is 93.2 Å². The van der Waals surface area contributed by atoms with Crippen molar-refractivity contribution >= 4 is 17.6 Å². The fraction of sp³-hybridized carbons (Fsp3) is 0.444. The molecule has 1 fully saturated rings. The first-order valence-electron chi connectivity index (χ1n) is 4.77. The molecule has 1 unspecified atom stereocenters. The molecule has 1 rings (SSSR count). The maximum absolute atomic E-state index is 11.6. The van der Waals surface area contributed by atoms with Gasteiger partial charge in [0.05, 0.1) is 5.71 Å². The van der Waals surface area contributed by atoms with Gasteiger partial charge in [0.25, 0.3) is 5.91 Å². The lowest BCUT2D eigenvalue weighted by molar-refractivity contribution is -0.121. The monoisotopic (exact) mass is 225 g/mol. The van der Waals surface area contributed by atoms with E-state index in [9.17, 15) is 9.59 Å². The van der Waals surface area contributed by atoms with Crippen molar-refractivity contribution in [2.75, 3.05) is 13.6 Å². The SMILES string of the molecule is CN/C=C\N=C(C)C1(CN)NC(=O)NC1=O. The highest BCUT2D eigenvalue weighted by molar-refractivity contribution is 6.22. The topological polar surface area (TPSA) is 109 Å². The molecule has 1 atom stereocenters. The summed E-state index contributed by atoms with van der Waals surface area (Å²) in [5.41, 5.74) is 4.74. The first kappa shape index (κ1) is 12.2. The molecule has 0 spiro atoms. The van der Waals surface area contributed by atoms with Gasteiger partial charge in [-0.1, -0.05) is 0 Å². The third kappa shape index (κ3) is 2.03. The molecule has 0 aromatic heterocycles. The van der Waals surface area contributed by atoms with Crippen LogP contribution in [0.4, 0.5) is 4.79 Å². The first-order chi connectivity index (χ1) is 7.56. The third-order valence-electron chi connectivity index (χ3n) is 2.37. The fourth-order valence-electron chi connectivity index (χ4n) is 1.37. The predicted molar refractivity (Wildman–Crippen MR) is 59.8 cm³/mol. The molecule has 0 aromatic carbocycles. The van der Waals surface area contributed by atoms with Gasteiger partial charge in [-0.25, -0.2) is 4.79 Å². The van der Waals surface area contributed by atoms with Crippen molar-refractivity contribution in [2.45, 2.75) is 12.5 Å². The molecule has 1 heterocycles. The van der Waals surface area contributed by atoms with E-state index in [-0.39, 0.29) is 6.54 Å². The summed E-state index contributed by atoms with van der Waals surface area (Å²) >= 11 is 0. The summed E-state index contributed by atoms with van der Waals surface area (Å²) in [5, 5.41) is 7.38. The lowest BCUT2D eigenvalue weighted by atomic mass is 9.94. The molecule has 7 nitrogen and oxygen atoms in total. The van der Waals surface area contributed by atoms with Gasteiger partial charge in [-0.3, -0.25) is 15.1 Å². The van der Waals surface area contributed by atoms with Crippen molar-refractivity contribution in [2.24, 2.45) is 10.7 Å². The zero-order valence-corrected chi connectivity index (χ0v) is 9.20. The molecule has 7 heteroatoms. The average molecular weight is 225 g/mol. The number of nitrogens with zero attached hydrogens (tertiary/aromatic N) is 1. The number of imide groups is 1. The summed E-state index contributed by atoms with van der Waals surface area (Å²) < 4.78 is 0. The summed E-state index contributed by atoms with van der Waals surface area (Å²) in [5.74, 6) is -0.473. The van der Waals surface area contributed by atoms with Crippen LogP contribution in [0.5, 0.6) is 0 Å². The molecule has 88 valence electrons. The smallest absolute Gasteiger partial charge is 0.322 e. The Balaban J connectivity index is 2.97. The molecule has 0 bridgehead atoms. The van der Waals surface area contributed by atoms with Gasteiger partial charge in [0.15, 0.2) is 5.54 Å². The number of aliphatic imine (C=N–C) groups is 1. The molecular formula is C9H15N5O2. The maximum Gasteiger partial charge on any atom is 0.322 e. The summed E-state index contributed by atoms with van der Waals surface area (Å²) in [6.45, 7) is 1.60. The zero-order chi connectivity index (χ0) is 12.2. The van der Waals surface area contributed by atoms with E-state index < -0.39 is 17.5 Å². The molecule has 1 aliphatic heterocycles. The number of urea groups is 1. The van der Waals surface area contributed by atoms with Gasteiger partial charge in [-0.05, 0) is 6.92 Å². The number of amides is 3. The second-order valence-corrected chi connectivity index (χ2v) is 3.34. The number of carbonyl (C=O) groups is 2. The Morgan fingerprint density at radius 1 is 1.62 bits per heavy atom. The highest BCUT2D eigenvalue weighted by Crippen LogP contribution is 2.11. The van der Waals surface area contributed by atoms with Gasteiger partial charge < -0.3 is 16.4 Å². The van der Waals surface area contributed by atoms with Gasteiger partial charge in [-0.2, -0.15) is 0 Å². The van der Waals surface area contributed by atoms with Crippen LogP contribution in [0, 0.1) is 0 Å². The van der Waals surface area contributed by atoms with E-state index in [1.807, 2.05) is 0 Å². The minimum absolute atomic E-state index is 0.0344. The molecular weight excluding hydrogens is 210 g/mol. The quantitative estimate of drug-likeness (QED) is 0.351. The highest BCUT2D eigenvalue weighted by Gasteiger charge is 2.47. The second-order valence-electron chi connectivity index (χ2n) is 3.34. The normalized spacial score (nSPS) is 25.8. The van der Waals surface area contributed by atoms with Crippen LogP contribution in [0.15, 0.2) is 17.4 Å². The molecule has 16 heavy (non-hydrogen) atoms. The number of nitrogens with two attached hydrogens (primary N) is 1. The van der Waals surface area contributed by atoms with Crippen molar-refractivity contribution in [1.29, 1.82) is 0 Å². The molecule has 0 aromatic rings. The minimum atomic E-state index is -1.23. The molecule has 1 aliphatic rings. The van der Waals surface area contributed by atoms with Gasteiger partial charge in [0, 0.05) is 26.0 Å². The van der Waals surface area contributed by atoms with E-state index in [1.54, 1.807) is 20.2 Å². The molecule has 5 N–H and O–H groups in total. The van der Waals surface area contributed by atoms with E-state index in [0.29, 0.717) is 5.71 Å². The Morgan fingerprint density at radius 3 is 2.75 bits per heavy atom. The number of nitrogens with one attached hydrogen (secondary N) is 3. The van der Waals surface area contributed by atoms with Crippen LogP contribution in [-0.2, 0) is 4.79 Å². The average Bonchev–Trinajstić information content (AvgIpc) is 2.54. The summed E-state index contributed by atoms with van der Waals surface area (Å²) in [6, 6.07) is -0.553. The lowest BCUT2D eigenvalue weighted by Gasteiger charge is -2.23. The molecule has 0 saturated carbocycles. The van der Waals surface area contributed by atoms with Crippen LogP contribution in [0.2, 0.25) is 0 Å². The van der Waals surface area contributed by atoms with Crippen molar-refractivity contribution < 1.29 is 9.59 Å². The van der Waals surface area contributed by atoms with Crippen LogP contribution in [0.3, 0.4) is 0 Å². The van der Waals surface area contributed by atoms with Crippen LogP contribution in [0.25, 0.3) is 0 Å². The summed E-state index contributed by atoms with van der Waals surface area (Å²) in [7, 11) is 1.73. The zero-order valence-electron chi connectivity index (χ0n) is 9.20. The molecule has 0 aliphatic carbocycles. The van der Waals surface area contributed by atoms with Crippen LogP contribution >= 0.6 is 0 Å². The first-order valence-corrected chi connectivity index (χ1v) is 4.77. The minimum Gasteiger partial charge on any atom is -0.393 e. The van der Waals surface area contributed by atoms with Crippen molar-refractivity contribution in [3.05, 3.63) is 12.4 Å². The Kier molecular flexibility index (Phi) is 3.62. The molecule has 3 amide bonds. The Bertz CT molecular complexity index is 363. The van der Waals surface area contributed by atoms with Crippen LogP contribution in [0.1, 0.15) is 6.92 Å². The van der Waals surface area contributed by atoms with E-state index in [4.69, 9.17) is 5.73 Å². The van der Waals surface area contributed by atoms with Gasteiger partial charge in [-0.15, -0.1) is 0 Å². The molecule has 0 radical (unpaired) electrons. The number of rotatable bonds is 4. The van der Waals surface area contributed by atoms with Crippen molar-refractivity contribution in [3.8, 4) is 0 Å². The Hall–Kier alpha value is -1.89. The van der Waals surface area contributed by atoms with E-state index in [0.717, 1.165) is 0 Å². The van der Waals surface area contributed by atoms with Gasteiger partial charge in [0.2, 0.25) is 0 Å². The summed E-state index contributed by atoms with van der Waals surface area (Å²) in [4.78, 5) is 26.7. The number of hydrogen-bond donors (Lipinski definition) is 4. The maximum atomic E-state index is 11.6. The van der Waals surface area contributed by atoms with E-state index in [2.05, 4.69) is 20.9 Å². The van der Waals surface area contributed by atoms with Crippen LogP contribution < -0.4 is 21.7 Å². The second kappa shape index (κ2) is 4.75. The van der Waals surface area contributed by atoms with Gasteiger partial charge >= 0.3 is 6.03 Å². The summed E-state index contributed by atoms with van der Waals surface area (Å²) in [6.07, 6.45) is 3.09.